The molecule has 6 nitrogen and oxygen atoms in total. The number of alkyl carbamates (subject to hydrolysis) is 2. The topological polar surface area (TPSA) is 76.7 Å². The number of hydrogen-bond acceptors (Lipinski definition) is 4. The summed E-state index contributed by atoms with van der Waals surface area (Å²) in [6, 6.07) is 0. The summed E-state index contributed by atoms with van der Waals surface area (Å²) in [6.07, 6.45) is 0.674. The molecule has 0 bridgehead atoms. The van der Waals surface area contributed by atoms with Crippen LogP contribution in [0.15, 0.2) is 12.7 Å². The number of carbonyl (C=O) groups excluding carboxylic acids is 2. The van der Waals surface area contributed by atoms with Gasteiger partial charge in [-0.2, -0.15) is 0 Å². The minimum Gasteiger partial charge on any atom is -0.444 e. The Kier molecular flexibility index (Phi) is 7.26. The van der Waals surface area contributed by atoms with Crippen LogP contribution in [0.1, 0.15) is 41.5 Å². The van der Waals surface area contributed by atoms with Crippen molar-refractivity contribution in [1.29, 1.82) is 0 Å². The molecule has 0 aromatic rings. The molecule has 0 aliphatic rings. The van der Waals surface area contributed by atoms with Gasteiger partial charge in [-0.05, 0) is 41.5 Å². The monoisotopic (exact) mass is 300 g/mol. The van der Waals surface area contributed by atoms with E-state index in [-0.39, 0.29) is 5.92 Å². The summed E-state index contributed by atoms with van der Waals surface area (Å²) in [5.74, 6) is -0.106. The highest BCUT2D eigenvalue weighted by atomic mass is 16.6. The van der Waals surface area contributed by atoms with Crippen LogP contribution in [0, 0.1) is 5.92 Å². The maximum absolute atomic E-state index is 11.5. The smallest absolute Gasteiger partial charge is 0.407 e. The number of hydrogen-bond donors (Lipinski definition) is 2. The van der Waals surface area contributed by atoms with E-state index in [1.165, 1.54) is 0 Å². The molecule has 0 saturated carbocycles. The van der Waals surface area contributed by atoms with Crippen molar-refractivity contribution >= 4 is 12.2 Å². The average molecular weight is 300 g/mol. The van der Waals surface area contributed by atoms with Crippen molar-refractivity contribution < 1.29 is 19.1 Å². The Hall–Kier alpha value is -1.72. The van der Waals surface area contributed by atoms with Crippen LogP contribution in [0.5, 0.6) is 0 Å². The first-order chi connectivity index (χ1) is 9.43. The van der Waals surface area contributed by atoms with Gasteiger partial charge in [-0.15, -0.1) is 6.58 Å². The normalized spacial score (nSPS) is 11.8. The summed E-state index contributed by atoms with van der Waals surface area (Å²) in [6.45, 7) is 15.1. The van der Waals surface area contributed by atoms with Gasteiger partial charge in [0.25, 0.3) is 0 Å². The minimum atomic E-state index is -0.539. The lowest BCUT2D eigenvalue weighted by Gasteiger charge is -2.22. The Labute approximate surface area is 127 Å². The summed E-state index contributed by atoms with van der Waals surface area (Å²) in [5, 5.41) is 5.28. The molecule has 2 amide bonds. The standard InChI is InChI=1S/C15H28N2O4/c1-8-11(9-16-12(18)20-14(2,3)4)10-17-13(19)21-15(5,6)7/h8,11H,1,9-10H2,2-7H3,(H,16,18)(H,17,19). The average Bonchev–Trinajstić information content (AvgIpc) is 2.24. The molecule has 0 fully saturated rings. The van der Waals surface area contributed by atoms with Crippen molar-refractivity contribution in [2.75, 3.05) is 13.1 Å². The number of ether oxygens (including phenoxy) is 2. The summed E-state index contributed by atoms with van der Waals surface area (Å²) in [5.41, 5.74) is -1.08. The predicted octanol–water partition coefficient (Wildman–Crippen LogP) is 2.84. The van der Waals surface area contributed by atoms with Gasteiger partial charge in [-0.1, -0.05) is 6.08 Å². The van der Waals surface area contributed by atoms with Crippen LogP contribution < -0.4 is 10.6 Å². The van der Waals surface area contributed by atoms with E-state index >= 15 is 0 Å². The molecule has 0 spiro atoms. The first-order valence-corrected chi connectivity index (χ1v) is 6.99. The number of rotatable bonds is 5. The van der Waals surface area contributed by atoms with E-state index in [4.69, 9.17) is 9.47 Å². The van der Waals surface area contributed by atoms with Gasteiger partial charge in [0.15, 0.2) is 0 Å². The number of carbonyl (C=O) groups is 2. The lowest BCUT2D eigenvalue weighted by atomic mass is 10.1. The number of amides is 2. The second-order valence-corrected chi connectivity index (χ2v) is 6.76. The zero-order valence-corrected chi connectivity index (χ0v) is 13.9. The van der Waals surface area contributed by atoms with Crippen LogP contribution in [0.25, 0.3) is 0 Å². The van der Waals surface area contributed by atoms with Gasteiger partial charge >= 0.3 is 12.2 Å². The van der Waals surface area contributed by atoms with Crippen LogP contribution >= 0.6 is 0 Å². The van der Waals surface area contributed by atoms with E-state index < -0.39 is 23.4 Å². The molecule has 0 aromatic carbocycles. The Bertz CT molecular complexity index is 335. The Morgan fingerprint density at radius 3 is 1.52 bits per heavy atom. The first-order valence-electron chi connectivity index (χ1n) is 6.99. The highest BCUT2D eigenvalue weighted by Gasteiger charge is 2.18. The zero-order chi connectivity index (χ0) is 16.7. The second-order valence-electron chi connectivity index (χ2n) is 6.76. The van der Waals surface area contributed by atoms with Crippen molar-refractivity contribution in [3.63, 3.8) is 0 Å². The van der Waals surface area contributed by atoms with Crippen molar-refractivity contribution in [3.8, 4) is 0 Å². The molecule has 0 aromatic heterocycles. The lowest BCUT2D eigenvalue weighted by Crippen LogP contribution is -2.39. The first kappa shape index (κ1) is 19.3. The van der Waals surface area contributed by atoms with Gasteiger partial charge in [0.05, 0.1) is 0 Å². The zero-order valence-electron chi connectivity index (χ0n) is 13.9. The third-order valence-corrected chi connectivity index (χ3v) is 2.15. The van der Waals surface area contributed by atoms with Gasteiger partial charge < -0.3 is 20.1 Å². The minimum absolute atomic E-state index is 0.106. The van der Waals surface area contributed by atoms with E-state index in [0.29, 0.717) is 13.1 Å². The summed E-state index contributed by atoms with van der Waals surface area (Å²) < 4.78 is 10.3. The molecule has 0 radical (unpaired) electrons. The van der Waals surface area contributed by atoms with E-state index in [1.54, 1.807) is 47.6 Å². The van der Waals surface area contributed by atoms with E-state index in [1.807, 2.05) is 0 Å². The summed E-state index contributed by atoms with van der Waals surface area (Å²) in [7, 11) is 0. The van der Waals surface area contributed by atoms with Crippen LogP contribution in [0.4, 0.5) is 9.59 Å². The highest BCUT2D eigenvalue weighted by Crippen LogP contribution is 2.08. The Morgan fingerprint density at radius 2 is 1.29 bits per heavy atom. The quantitative estimate of drug-likeness (QED) is 0.765. The molecular weight excluding hydrogens is 272 g/mol. The largest absolute Gasteiger partial charge is 0.444 e. The summed E-state index contributed by atoms with van der Waals surface area (Å²) in [4.78, 5) is 23.1. The van der Waals surface area contributed by atoms with E-state index in [0.717, 1.165) is 0 Å². The molecule has 0 atom stereocenters. The lowest BCUT2D eigenvalue weighted by molar-refractivity contribution is 0.0515. The molecule has 6 heteroatoms. The van der Waals surface area contributed by atoms with Gasteiger partial charge in [0, 0.05) is 19.0 Å². The molecule has 0 rings (SSSR count). The third-order valence-electron chi connectivity index (χ3n) is 2.15. The van der Waals surface area contributed by atoms with Crippen LogP contribution in [0.2, 0.25) is 0 Å². The van der Waals surface area contributed by atoms with Crippen molar-refractivity contribution in [3.05, 3.63) is 12.7 Å². The molecular formula is C15H28N2O4. The van der Waals surface area contributed by atoms with Crippen LogP contribution in [-0.4, -0.2) is 36.5 Å². The van der Waals surface area contributed by atoms with Crippen molar-refractivity contribution in [1.82, 2.24) is 10.6 Å². The molecule has 0 aliphatic carbocycles. The molecule has 0 saturated heterocycles. The summed E-state index contributed by atoms with van der Waals surface area (Å²) >= 11 is 0. The van der Waals surface area contributed by atoms with Crippen LogP contribution in [-0.2, 0) is 9.47 Å². The fourth-order valence-electron chi connectivity index (χ4n) is 1.30. The van der Waals surface area contributed by atoms with Gasteiger partial charge in [-0.3, -0.25) is 0 Å². The van der Waals surface area contributed by atoms with Gasteiger partial charge in [-0.25, -0.2) is 9.59 Å². The molecule has 122 valence electrons. The van der Waals surface area contributed by atoms with Crippen molar-refractivity contribution in [2.24, 2.45) is 5.92 Å². The molecule has 21 heavy (non-hydrogen) atoms. The molecule has 2 N–H and O–H groups in total. The predicted molar refractivity (Wildman–Crippen MR) is 82.2 cm³/mol. The molecule has 0 unspecified atom stereocenters. The fraction of sp³-hybridized carbons (Fsp3) is 0.733. The molecule has 0 aliphatic heterocycles. The van der Waals surface area contributed by atoms with E-state index in [2.05, 4.69) is 17.2 Å². The van der Waals surface area contributed by atoms with Crippen molar-refractivity contribution in [2.45, 2.75) is 52.7 Å². The van der Waals surface area contributed by atoms with Crippen LogP contribution in [0.3, 0.4) is 0 Å². The highest BCUT2D eigenvalue weighted by molar-refractivity contribution is 5.68. The Morgan fingerprint density at radius 1 is 0.952 bits per heavy atom. The third kappa shape index (κ3) is 11.8. The Balaban J connectivity index is 4.10. The second kappa shape index (κ2) is 7.90. The maximum atomic E-state index is 11.5. The van der Waals surface area contributed by atoms with Gasteiger partial charge in [0.2, 0.25) is 0 Å². The fourth-order valence-corrected chi connectivity index (χ4v) is 1.30. The van der Waals surface area contributed by atoms with Gasteiger partial charge in [0.1, 0.15) is 11.2 Å². The SMILES string of the molecule is C=CC(CNC(=O)OC(C)(C)C)CNC(=O)OC(C)(C)C. The number of nitrogens with one attached hydrogen (secondary N) is 2. The molecule has 0 heterocycles. The van der Waals surface area contributed by atoms with E-state index in [9.17, 15) is 9.59 Å². The maximum Gasteiger partial charge on any atom is 0.407 e.